The van der Waals surface area contributed by atoms with Crippen LogP contribution in [0.2, 0.25) is 0 Å². The number of benzene rings is 1. The van der Waals surface area contributed by atoms with E-state index < -0.39 is 0 Å². The molecule has 21 heavy (non-hydrogen) atoms. The van der Waals surface area contributed by atoms with E-state index in [1.54, 1.807) is 11.8 Å². The summed E-state index contributed by atoms with van der Waals surface area (Å²) in [4.78, 5) is 12.3. The van der Waals surface area contributed by atoms with Crippen LogP contribution in [0.15, 0.2) is 34.5 Å². The van der Waals surface area contributed by atoms with E-state index in [0.29, 0.717) is 10.9 Å². The molecule has 1 unspecified atom stereocenters. The summed E-state index contributed by atoms with van der Waals surface area (Å²) in [5.74, 6) is -0.268. The first-order valence-electron chi connectivity index (χ1n) is 6.83. The van der Waals surface area contributed by atoms with E-state index in [9.17, 15) is 4.79 Å². The molecule has 3 rings (SSSR count). The van der Waals surface area contributed by atoms with Crippen LogP contribution in [0, 0.1) is 0 Å². The highest BCUT2D eigenvalue weighted by molar-refractivity contribution is 8.00. The summed E-state index contributed by atoms with van der Waals surface area (Å²) in [6, 6.07) is 10.8. The Bertz CT molecular complexity index is 666. The highest BCUT2D eigenvalue weighted by atomic mass is 32.2. The zero-order valence-electron chi connectivity index (χ0n) is 12.0. The Morgan fingerprint density at radius 1 is 1.43 bits per heavy atom. The number of thioether (sulfide) groups is 1. The van der Waals surface area contributed by atoms with Crippen molar-refractivity contribution in [2.75, 3.05) is 18.7 Å². The molecule has 0 radical (unpaired) electrons. The van der Waals surface area contributed by atoms with Crippen molar-refractivity contribution in [2.24, 2.45) is 0 Å². The molecule has 0 spiro atoms. The van der Waals surface area contributed by atoms with E-state index in [2.05, 4.69) is 29.6 Å². The van der Waals surface area contributed by atoms with Gasteiger partial charge in [0.05, 0.1) is 23.0 Å². The van der Waals surface area contributed by atoms with Crippen LogP contribution in [-0.4, -0.2) is 19.3 Å². The first kappa shape index (κ1) is 14.5. The summed E-state index contributed by atoms with van der Waals surface area (Å²) in [7, 11) is 1.42. The monoisotopic (exact) mass is 319 g/mol. The quantitative estimate of drug-likeness (QED) is 0.671. The Kier molecular flexibility index (Phi) is 4.22. The van der Waals surface area contributed by atoms with Gasteiger partial charge in [0.15, 0.2) is 0 Å². The normalized spacial score (nSPS) is 16.6. The summed E-state index contributed by atoms with van der Waals surface area (Å²) in [5.41, 5.74) is 3.83. The second-order valence-electron chi connectivity index (χ2n) is 4.94. The lowest BCUT2D eigenvalue weighted by atomic mass is 10.1. The van der Waals surface area contributed by atoms with Crippen LogP contribution in [0.3, 0.4) is 0 Å². The van der Waals surface area contributed by atoms with Gasteiger partial charge in [0.2, 0.25) is 0 Å². The molecule has 2 aromatic rings. The van der Waals surface area contributed by atoms with Crippen molar-refractivity contribution in [3.05, 3.63) is 46.3 Å². The summed E-state index contributed by atoms with van der Waals surface area (Å²) in [6.07, 6.45) is 4.23. The minimum atomic E-state index is -0.268. The van der Waals surface area contributed by atoms with Crippen LogP contribution in [0.1, 0.15) is 33.3 Å². The van der Waals surface area contributed by atoms with Crippen molar-refractivity contribution in [1.82, 2.24) is 0 Å². The molecular formula is C16H17NO2S2. The number of carbonyl (C=O) groups excluding carboxylic acids is 1. The lowest BCUT2D eigenvalue weighted by molar-refractivity contribution is 0.0606. The van der Waals surface area contributed by atoms with E-state index in [1.807, 2.05) is 12.3 Å². The standard InChI is InChI=1S/C16H17NO2S2/c1-19-15(18)14-9-13(16(20-2)21-14)17-12-8-7-10-5-3-4-6-11(10)12/h3-6,9,12,17H,7-8H2,1-2H3. The molecule has 0 aliphatic heterocycles. The fourth-order valence-electron chi connectivity index (χ4n) is 2.72. The minimum Gasteiger partial charge on any atom is -0.465 e. The van der Waals surface area contributed by atoms with Gasteiger partial charge in [0.1, 0.15) is 4.88 Å². The van der Waals surface area contributed by atoms with Gasteiger partial charge in [0.25, 0.3) is 0 Å². The van der Waals surface area contributed by atoms with Crippen LogP contribution in [0.5, 0.6) is 0 Å². The van der Waals surface area contributed by atoms with Gasteiger partial charge >= 0.3 is 5.97 Å². The van der Waals surface area contributed by atoms with Crippen molar-refractivity contribution in [2.45, 2.75) is 23.1 Å². The maximum absolute atomic E-state index is 11.7. The maximum atomic E-state index is 11.7. The summed E-state index contributed by atoms with van der Waals surface area (Å²) < 4.78 is 5.93. The lowest BCUT2D eigenvalue weighted by Crippen LogP contribution is -2.07. The molecule has 110 valence electrons. The number of nitrogens with one attached hydrogen (secondary N) is 1. The van der Waals surface area contributed by atoms with Crippen molar-refractivity contribution in [1.29, 1.82) is 0 Å². The Morgan fingerprint density at radius 3 is 3.00 bits per heavy atom. The molecule has 1 N–H and O–H groups in total. The zero-order chi connectivity index (χ0) is 14.8. The Labute approximate surface area is 132 Å². The third-order valence-electron chi connectivity index (χ3n) is 3.73. The lowest BCUT2D eigenvalue weighted by Gasteiger charge is -2.15. The van der Waals surface area contributed by atoms with E-state index in [1.165, 1.54) is 29.6 Å². The van der Waals surface area contributed by atoms with Crippen LogP contribution in [-0.2, 0) is 11.2 Å². The summed E-state index contributed by atoms with van der Waals surface area (Å²) >= 11 is 3.14. The molecule has 0 bridgehead atoms. The van der Waals surface area contributed by atoms with Crippen LogP contribution in [0.25, 0.3) is 0 Å². The molecule has 0 saturated carbocycles. The maximum Gasteiger partial charge on any atom is 0.348 e. The average Bonchev–Trinajstić information content (AvgIpc) is 3.11. The second kappa shape index (κ2) is 6.12. The largest absolute Gasteiger partial charge is 0.465 e. The number of carbonyl (C=O) groups is 1. The molecule has 1 aromatic heterocycles. The third kappa shape index (κ3) is 2.80. The van der Waals surface area contributed by atoms with Gasteiger partial charge in [-0.2, -0.15) is 0 Å². The first-order chi connectivity index (χ1) is 10.2. The van der Waals surface area contributed by atoms with E-state index in [0.717, 1.165) is 22.7 Å². The van der Waals surface area contributed by atoms with E-state index in [4.69, 9.17) is 4.74 Å². The van der Waals surface area contributed by atoms with Gasteiger partial charge in [-0.1, -0.05) is 24.3 Å². The Hall–Kier alpha value is -1.46. The molecule has 1 aliphatic rings. The molecule has 1 aliphatic carbocycles. The number of anilines is 1. The van der Waals surface area contributed by atoms with Gasteiger partial charge in [-0.3, -0.25) is 0 Å². The second-order valence-corrected chi connectivity index (χ2v) is 7.07. The Morgan fingerprint density at radius 2 is 2.24 bits per heavy atom. The molecule has 1 atom stereocenters. The fourth-order valence-corrected chi connectivity index (χ4v) is 4.43. The number of fused-ring (bicyclic) bond motifs is 1. The number of ether oxygens (including phenoxy) is 1. The molecule has 0 fully saturated rings. The highest BCUT2D eigenvalue weighted by Gasteiger charge is 2.24. The molecule has 3 nitrogen and oxygen atoms in total. The molecule has 1 heterocycles. The highest BCUT2D eigenvalue weighted by Crippen LogP contribution is 2.40. The molecule has 0 amide bonds. The first-order valence-corrected chi connectivity index (χ1v) is 8.87. The van der Waals surface area contributed by atoms with Gasteiger partial charge in [-0.05, 0) is 36.3 Å². The Balaban J connectivity index is 1.85. The van der Waals surface area contributed by atoms with Gasteiger partial charge < -0.3 is 10.1 Å². The summed E-state index contributed by atoms with van der Waals surface area (Å²) in [6.45, 7) is 0. The third-order valence-corrected chi connectivity index (χ3v) is 5.98. The minimum absolute atomic E-state index is 0.268. The van der Waals surface area contributed by atoms with Crippen molar-refractivity contribution < 1.29 is 9.53 Å². The predicted molar refractivity (Wildman–Crippen MR) is 88.6 cm³/mol. The number of aryl methyl sites for hydroxylation is 1. The number of hydrogen-bond donors (Lipinski definition) is 1. The van der Waals surface area contributed by atoms with Crippen LogP contribution >= 0.6 is 23.1 Å². The number of esters is 1. The topological polar surface area (TPSA) is 38.3 Å². The average molecular weight is 319 g/mol. The van der Waals surface area contributed by atoms with E-state index >= 15 is 0 Å². The number of rotatable bonds is 4. The SMILES string of the molecule is COC(=O)c1cc(NC2CCc3ccccc32)c(SC)s1. The molecule has 5 heteroatoms. The van der Waals surface area contributed by atoms with Gasteiger partial charge in [-0.15, -0.1) is 23.1 Å². The predicted octanol–water partition coefficient (Wildman–Crippen LogP) is 4.36. The van der Waals surface area contributed by atoms with Crippen LogP contribution < -0.4 is 5.32 Å². The molecule has 0 saturated heterocycles. The molecule has 1 aromatic carbocycles. The van der Waals surface area contributed by atoms with Gasteiger partial charge in [-0.25, -0.2) is 4.79 Å². The smallest absolute Gasteiger partial charge is 0.348 e. The van der Waals surface area contributed by atoms with Crippen LogP contribution in [0.4, 0.5) is 5.69 Å². The van der Waals surface area contributed by atoms with E-state index in [-0.39, 0.29) is 5.97 Å². The number of thiophene rings is 1. The van der Waals surface area contributed by atoms with Crippen molar-refractivity contribution >= 4 is 34.8 Å². The number of methoxy groups -OCH3 is 1. The fraction of sp³-hybridized carbons (Fsp3) is 0.312. The van der Waals surface area contributed by atoms with Crippen molar-refractivity contribution in [3.63, 3.8) is 0 Å². The van der Waals surface area contributed by atoms with Gasteiger partial charge in [0, 0.05) is 0 Å². The summed E-state index contributed by atoms with van der Waals surface area (Å²) in [5, 5.41) is 3.60. The van der Waals surface area contributed by atoms with Crippen molar-refractivity contribution in [3.8, 4) is 0 Å². The zero-order valence-corrected chi connectivity index (χ0v) is 13.6. The number of hydrogen-bond acceptors (Lipinski definition) is 5. The molecular weight excluding hydrogens is 302 g/mol.